The lowest BCUT2D eigenvalue weighted by molar-refractivity contribution is 0.0941. The highest BCUT2D eigenvalue weighted by atomic mass is 16.1. The molecule has 4 heteroatoms. The van der Waals surface area contributed by atoms with Crippen LogP contribution in [0.4, 0.5) is 0 Å². The van der Waals surface area contributed by atoms with Gasteiger partial charge in [0.25, 0.3) is 5.91 Å². The zero-order chi connectivity index (χ0) is 11.3. The molecule has 1 aromatic carbocycles. The van der Waals surface area contributed by atoms with E-state index in [0.29, 0.717) is 17.7 Å². The number of carbonyl (C=O) groups excluding carboxylic acids is 1. The number of nitrogens with one attached hydrogen (secondary N) is 1. The largest absolute Gasteiger partial charge is 0.348 e. The molecule has 0 aliphatic rings. The van der Waals surface area contributed by atoms with Crippen LogP contribution in [0.2, 0.25) is 0 Å². The molecular formula is C11H13N3O. The normalized spacial score (nSPS) is 11.5. The van der Waals surface area contributed by atoms with Crippen molar-refractivity contribution in [2.24, 2.45) is 5.73 Å². The lowest BCUT2D eigenvalue weighted by atomic mass is 10.1. The molecule has 1 rings (SSSR count). The van der Waals surface area contributed by atoms with Crippen molar-refractivity contribution in [3.63, 3.8) is 0 Å². The predicted molar refractivity (Wildman–Crippen MR) is 57.1 cm³/mol. The standard InChI is InChI=1S/C11H13N3O/c1-8(6-12)14-11(15)10-4-2-3-9(5-10)7-13/h2-5,8H,6,12H2,1H3,(H,14,15)/t8-/m1/s1. The number of hydrogen-bond acceptors (Lipinski definition) is 3. The number of carbonyl (C=O) groups is 1. The number of amides is 1. The van der Waals surface area contributed by atoms with E-state index >= 15 is 0 Å². The van der Waals surface area contributed by atoms with Crippen molar-refractivity contribution in [1.29, 1.82) is 5.26 Å². The maximum atomic E-state index is 11.6. The number of nitrogens with two attached hydrogens (primary N) is 1. The summed E-state index contributed by atoms with van der Waals surface area (Å²) in [6, 6.07) is 8.48. The van der Waals surface area contributed by atoms with Gasteiger partial charge in [0, 0.05) is 18.2 Å². The van der Waals surface area contributed by atoms with Gasteiger partial charge < -0.3 is 11.1 Å². The van der Waals surface area contributed by atoms with E-state index in [1.54, 1.807) is 24.3 Å². The van der Waals surface area contributed by atoms with E-state index in [4.69, 9.17) is 11.0 Å². The Labute approximate surface area is 88.7 Å². The zero-order valence-corrected chi connectivity index (χ0v) is 8.53. The maximum Gasteiger partial charge on any atom is 0.251 e. The molecule has 0 aromatic heterocycles. The third-order valence-corrected chi connectivity index (χ3v) is 1.98. The summed E-state index contributed by atoms with van der Waals surface area (Å²) in [7, 11) is 0. The maximum absolute atomic E-state index is 11.6. The second-order valence-corrected chi connectivity index (χ2v) is 3.30. The fourth-order valence-electron chi connectivity index (χ4n) is 1.10. The van der Waals surface area contributed by atoms with E-state index < -0.39 is 0 Å². The molecule has 15 heavy (non-hydrogen) atoms. The van der Waals surface area contributed by atoms with Crippen LogP contribution < -0.4 is 11.1 Å². The van der Waals surface area contributed by atoms with Gasteiger partial charge in [-0.3, -0.25) is 4.79 Å². The molecular weight excluding hydrogens is 190 g/mol. The van der Waals surface area contributed by atoms with Crippen molar-refractivity contribution in [1.82, 2.24) is 5.32 Å². The molecule has 1 amide bonds. The van der Waals surface area contributed by atoms with E-state index in [1.807, 2.05) is 13.0 Å². The second kappa shape index (κ2) is 5.13. The van der Waals surface area contributed by atoms with E-state index in [2.05, 4.69) is 5.32 Å². The molecule has 0 fully saturated rings. The Kier molecular flexibility index (Phi) is 3.83. The van der Waals surface area contributed by atoms with Gasteiger partial charge in [0.1, 0.15) is 0 Å². The van der Waals surface area contributed by atoms with Crippen molar-refractivity contribution >= 4 is 5.91 Å². The van der Waals surface area contributed by atoms with Gasteiger partial charge in [0.05, 0.1) is 11.6 Å². The van der Waals surface area contributed by atoms with Crippen molar-refractivity contribution in [3.8, 4) is 6.07 Å². The molecule has 0 heterocycles. The highest BCUT2D eigenvalue weighted by Gasteiger charge is 2.08. The van der Waals surface area contributed by atoms with Gasteiger partial charge in [-0.25, -0.2) is 0 Å². The summed E-state index contributed by atoms with van der Waals surface area (Å²) >= 11 is 0. The first-order valence-corrected chi connectivity index (χ1v) is 4.68. The predicted octanol–water partition coefficient (Wildman–Crippen LogP) is 0.635. The molecule has 0 saturated heterocycles. The Balaban J connectivity index is 2.78. The molecule has 0 aliphatic heterocycles. The molecule has 1 aromatic rings. The molecule has 0 radical (unpaired) electrons. The molecule has 0 saturated carbocycles. The van der Waals surface area contributed by atoms with Crippen LogP contribution in [0.25, 0.3) is 0 Å². The molecule has 3 N–H and O–H groups in total. The number of nitriles is 1. The van der Waals surface area contributed by atoms with Crippen molar-refractivity contribution in [2.45, 2.75) is 13.0 Å². The summed E-state index contributed by atoms with van der Waals surface area (Å²) in [6.45, 7) is 2.22. The molecule has 0 unspecified atom stereocenters. The SMILES string of the molecule is C[C@H](CN)NC(=O)c1cccc(C#N)c1. The first kappa shape index (κ1) is 11.2. The molecule has 0 bridgehead atoms. The first-order valence-electron chi connectivity index (χ1n) is 4.68. The Morgan fingerprint density at radius 1 is 1.67 bits per heavy atom. The van der Waals surface area contributed by atoms with Crippen LogP contribution in [-0.2, 0) is 0 Å². The van der Waals surface area contributed by atoms with E-state index in [9.17, 15) is 4.79 Å². The second-order valence-electron chi connectivity index (χ2n) is 3.30. The molecule has 4 nitrogen and oxygen atoms in total. The van der Waals surface area contributed by atoms with Gasteiger partial charge in [-0.2, -0.15) is 5.26 Å². The topological polar surface area (TPSA) is 78.9 Å². The van der Waals surface area contributed by atoms with Gasteiger partial charge in [-0.15, -0.1) is 0 Å². The fourth-order valence-corrected chi connectivity index (χ4v) is 1.10. The van der Waals surface area contributed by atoms with E-state index in [-0.39, 0.29) is 11.9 Å². The summed E-state index contributed by atoms with van der Waals surface area (Å²) in [4.78, 5) is 11.6. The Morgan fingerprint density at radius 3 is 3.00 bits per heavy atom. The summed E-state index contributed by atoms with van der Waals surface area (Å²) in [5, 5.41) is 11.4. The molecule has 1 atom stereocenters. The van der Waals surface area contributed by atoms with Crippen LogP contribution >= 0.6 is 0 Å². The lowest BCUT2D eigenvalue weighted by Crippen LogP contribution is -2.37. The Hall–Kier alpha value is -1.86. The van der Waals surface area contributed by atoms with Gasteiger partial charge in [0.15, 0.2) is 0 Å². The number of nitrogens with zero attached hydrogens (tertiary/aromatic N) is 1. The van der Waals surface area contributed by atoms with E-state index in [1.165, 1.54) is 0 Å². The number of hydrogen-bond donors (Lipinski definition) is 2. The minimum atomic E-state index is -0.204. The average molecular weight is 203 g/mol. The highest BCUT2D eigenvalue weighted by molar-refractivity contribution is 5.94. The fraction of sp³-hybridized carbons (Fsp3) is 0.273. The average Bonchev–Trinajstić information content (AvgIpc) is 2.28. The summed E-state index contributed by atoms with van der Waals surface area (Å²) < 4.78 is 0. The van der Waals surface area contributed by atoms with Crippen molar-refractivity contribution in [2.75, 3.05) is 6.54 Å². The first-order chi connectivity index (χ1) is 7.17. The van der Waals surface area contributed by atoms with Crippen LogP contribution in [0, 0.1) is 11.3 Å². The number of rotatable bonds is 3. The van der Waals surface area contributed by atoms with Crippen LogP contribution in [0.1, 0.15) is 22.8 Å². The summed E-state index contributed by atoms with van der Waals surface area (Å²) in [5.41, 5.74) is 6.34. The Morgan fingerprint density at radius 2 is 2.40 bits per heavy atom. The van der Waals surface area contributed by atoms with Gasteiger partial charge in [0.2, 0.25) is 0 Å². The van der Waals surface area contributed by atoms with Crippen LogP contribution in [0.15, 0.2) is 24.3 Å². The zero-order valence-electron chi connectivity index (χ0n) is 8.53. The third kappa shape index (κ3) is 3.08. The summed E-state index contributed by atoms with van der Waals surface area (Å²) in [5.74, 6) is -0.204. The molecule has 0 spiro atoms. The smallest absolute Gasteiger partial charge is 0.251 e. The summed E-state index contributed by atoms with van der Waals surface area (Å²) in [6.07, 6.45) is 0. The third-order valence-electron chi connectivity index (χ3n) is 1.98. The van der Waals surface area contributed by atoms with Gasteiger partial charge >= 0.3 is 0 Å². The van der Waals surface area contributed by atoms with Gasteiger partial charge in [-0.1, -0.05) is 6.07 Å². The van der Waals surface area contributed by atoms with Gasteiger partial charge in [-0.05, 0) is 25.1 Å². The van der Waals surface area contributed by atoms with Crippen LogP contribution in [0.3, 0.4) is 0 Å². The quantitative estimate of drug-likeness (QED) is 0.756. The minimum absolute atomic E-state index is 0.0664. The highest BCUT2D eigenvalue weighted by Crippen LogP contribution is 2.04. The van der Waals surface area contributed by atoms with Crippen LogP contribution in [-0.4, -0.2) is 18.5 Å². The number of benzene rings is 1. The molecule has 78 valence electrons. The van der Waals surface area contributed by atoms with E-state index in [0.717, 1.165) is 0 Å². The van der Waals surface area contributed by atoms with Crippen molar-refractivity contribution in [3.05, 3.63) is 35.4 Å². The minimum Gasteiger partial charge on any atom is -0.348 e. The molecule has 0 aliphatic carbocycles. The van der Waals surface area contributed by atoms with Crippen LogP contribution in [0.5, 0.6) is 0 Å². The van der Waals surface area contributed by atoms with Crippen molar-refractivity contribution < 1.29 is 4.79 Å². The lowest BCUT2D eigenvalue weighted by Gasteiger charge is -2.10. The Bertz CT molecular complexity index is 395. The monoisotopic (exact) mass is 203 g/mol.